The monoisotopic (exact) mass is 552 g/mol. The second kappa shape index (κ2) is 10.2. The highest BCUT2D eigenvalue weighted by atomic mass is 127. The number of benzene rings is 1. The first-order chi connectivity index (χ1) is 12.9. The Morgan fingerprint density at radius 1 is 1.14 bits per heavy atom. The summed E-state index contributed by atoms with van der Waals surface area (Å²) < 4.78 is 14.3. The number of anilines is 3. The highest BCUT2D eigenvalue weighted by Gasteiger charge is 2.21. The first kappa shape index (κ1) is 25.1. The molecular weight excluding hydrogens is 533 g/mol. The molecule has 0 unspecified atom stereocenters. The molecule has 0 spiro atoms. The minimum atomic E-state index is -0.661. The SMILES string of the molecule is CCc1nc2c(N)c(I)c(CC)c(Nc3cccc(F)n3)c2nc1C(N)=O.Cl.Cl. The number of aryl methyl sites for hydroxylation is 1. The third-order valence-corrected chi connectivity index (χ3v) is 5.39. The van der Waals surface area contributed by atoms with Crippen molar-refractivity contribution in [3.63, 3.8) is 0 Å². The number of hydrogen-bond acceptors (Lipinski definition) is 6. The molecule has 1 amide bonds. The molecule has 0 saturated carbocycles. The summed E-state index contributed by atoms with van der Waals surface area (Å²) in [5, 5.41) is 3.11. The van der Waals surface area contributed by atoms with Crippen LogP contribution in [0.15, 0.2) is 18.2 Å². The van der Waals surface area contributed by atoms with Gasteiger partial charge in [0.2, 0.25) is 5.95 Å². The Bertz CT molecular complexity index is 1070. The van der Waals surface area contributed by atoms with Crippen LogP contribution in [-0.2, 0) is 12.8 Å². The van der Waals surface area contributed by atoms with Crippen molar-refractivity contribution in [2.24, 2.45) is 5.73 Å². The van der Waals surface area contributed by atoms with Crippen molar-refractivity contribution in [2.75, 3.05) is 11.1 Å². The van der Waals surface area contributed by atoms with E-state index < -0.39 is 11.9 Å². The number of fused-ring (bicyclic) bond motifs is 1. The van der Waals surface area contributed by atoms with Crippen LogP contribution in [0.3, 0.4) is 0 Å². The van der Waals surface area contributed by atoms with Gasteiger partial charge in [-0.25, -0.2) is 15.0 Å². The lowest BCUT2D eigenvalue weighted by atomic mass is 10.1. The molecule has 2 heterocycles. The second-order valence-electron chi connectivity index (χ2n) is 5.84. The molecule has 29 heavy (non-hydrogen) atoms. The summed E-state index contributed by atoms with van der Waals surface area (Å²) in [4.78, 5) is 24.7. The number of nitrogens with one attached hydrogen (secondary N) is 1. The lowest BCUT2D eigenvalue weighted by Crippen LogP contribution is -2.18. The molecule has 0 atom stereocenters. The van der Waals surface area contributed by atoms with Crippen LogP contribution in [0, 0.1) is 9.52 Å². The van der Waals surface area contributed by atoms with Crippen molar-refractivity contribution in [1.29, 1.82) is 0 Å². The predicted octanol–water partition coefficient (Wildman–Crippen LogP) is 4.16. The van der Waals surface area contributed by atoms with Crippen LogP contribution in [0.25, 0.3) is 11.0 Å². The summed E-state index contributed by atoms with van der Waals surface area (Å²) in [6, 6.07) is 4.45. The molecule has 0 aliphatic heterocycles. The zero-order valence-corrected chi connectivity index (χ0v) is 19.4. The van der Waals surface area contributed by atoms with Gasteiger partial charge in [-0.05, 0) is 53.1 Å². The molecule has 7 nitrogen and oxygen atoms in total. The third-order valence-electron chi connectivity index (χ3n) is 4.15. The Morgan fingerprint density at radius 2 is 1.83 bits per heavy atom. The largest absolute Gasteiger partial charge is 0.396 e. The van der Waals surface area contributed by atoms with Gasteiger partial charge in [-0.2, -0.15) is 4.39 Å². The van der Waals surface area contributed by atoms with Crippen molar-refractivity contribution in [3.05, 3.63) is 44.7 Å². The number of primary amides is 1. The Kier molecular flexibility index (Phi) is 8.79. The van der Waals surface area contributed by atoms with Gasteiger partial charge in [0.25, 0.3) is 5.91 Å². The van der Waals surface area contributed by atoms with Gasteiger partial charge < -0.3 is 16.8 Å². The summed E-state index contributed by atoms with van der Waals surface area (Å²) >= 11 is 2.16. The average molecular weight is 553 g/mol. The summed E-state index contributed by atoms with van der Waals surface area (Å²) in [5.41, 5.74) is 15.2. The Balaban J connectivity index is 0.00000210. The van der Waals surface area contributed by atoms with E-state index in [4.69, 9.17) is 11.5 Å². The first-order valence-corrected chi connectivity index (χ1v) is 9.45. The van der Waals surface area contributed by atoms with E-state index in [0.29, 0.717) is 46.8 Å². The van der Waals surface area contributed by atoms with Gasteiger partial charge in [-0.1, -0.05) is 19.9 Å². The highest BCUT2D eigenvalue weighted by Crippen LogP contribution is 2.37. The Morgan fingerprint density at radius 3 is 2.38 bits per heavy atom. The number of nitrogen functional groups attached to an aromatic ring is 1. The van der Waals surface area contributed by atoms with Crippen LogP contribution in [0.4, 0.5) is 21.6 Å². The number of pyridine rings is 1. The van der Waals surface area contributed by atoms with Gasteiger partial charge in [0.05, 0.1) is 17.1 Å². The quantitative estimate of drug-likeness (QED) is 0.248. The Hall–Kier alpha value is -1.98. The Labute approximate surface area is 193 Å². The number of nitrogens with two attached hydrogens (primary N) is 2. The molecule has 2 aromatic heterocycles. The van der Waals surface area contributed by atoms with Crippen LogP contribution in [0.1, 0.15) is 35.6 Å². The fourth-order valence-electron chi connectivity index (χ4n) is 2.87. The molecule has 156 valence electrons. The highest BCUT2D eigenvalue weighted by molar-refractivity contribution is 14.1. The maximum atomic E-state index is 13.5. The molecule has 3 aromatic rings. The minimum absolute atomic E-state index is 0. The van der Waals surface area contributed by atoms with Crippen LogP contribution in [0.5, 0.6) is 0 Å². The van der Waals surface area contributed by atoms with Crippen molar-refractivity contribution < 1.29 is 9.18 Å². The summed E-state index contributed by atoms with van der Waals surface area (Å²) in [6.45, 7) is 3.83. The first-order valence-electron chi connectivity index (χ1n) is 8.37. The maximum absolute atomic E-state index is 13.5. The average Bonchev–Trinajstić information content (AvgIpc) is 2.65. The maximum Gasteiger partial charge on any atom is 0.269 e. The molecule has 3 rings (SSSR count). The zero-order chi connectivity index (χ0) is 19.7. The summed E-state index contributed by atoms with van der Waals surface area (Å²) in [6.07, 6.45) is 1.13. The number of rotatable bonds is 5. The third kappa shape index (κ3) is 4.78. The van der Waals surface area contributed by atoms with E-state index in [0.717, 1.165) is 9.13 Å². The van der Waals surface area contributed by atoms with Crippen molar-refractivity contribution in [1.82, 2.24) is 15.0 Å². The van der Waals surface area contributed by atoms with Crippen molar-refractivity contribution in [3.8, 4) is 0 Å². The van der Waals surface area contributed by atoms with Gasteiger partial charge >= 0.3 is 0 Å². The second-order valence-corrected chi connectivity index (χ2v) is 6.92. The number of carbonyl (C=O) groups excluding carboxylic acids is 1. The predicted molar refractivity (Wildman–Crippen MR) is 126 cm³/mol. The van der Waals surface area contributed by atoms with Crippen molar-refractivity contribution >= 4 is 81.5 Å². The molecule has 0 fully saturated rings. The molecule has 0 aliphatic carbocycles. The van der Waals surface area contributed by atoms with E-state index in [1.54, 1.807) is 12.1 Å². The normalized spacial score (nSPS) is 10.2. The lowest BCUT2D eigenvalue weighted by molar-refractivity contribution is 0.0994. The van der Waals surface area contributed by atoms with E-state index >= 15 is 0 Å². The number of carbonyl (C=O) groups is 1. The van der Waals surface area contributed by atoms with Crippen molar-refractivity contribution in [2.45, 2.75) is 26.7 Å². The number of amides is 1. The van der Waals surface area contributed by atoms with Gasteiger partial charge in [-0.3, -0.25) is 4.79 Å². The molecule has 5 N–H and O–H groups in total. The molecule has 11 heteroatoms. The fourth-order valence-corrected chi connectivity index (χ4v) is 3.77. The fraction of sp³-hybridized carbons (Fsp3) is 0.222. The van der Waals surface area contributed by atoms with E-state index in [1.165, 1.54) is 6.07 Å². The molecular formula is C18H20Cl2FIN6O. The van der Waals surface area contributed by atoms with Crippen LogP contribution in [0.2, 0.25) is 0 Å². The summed E-state index contributed by atoms with van der Waals surface area (Å²) in [5.74, 6) is -0.954. The topological polar surface area (TPSA) is 120 Å². The van der Waals surface area contributed by atoms with Gasteiger partial charge in [0.1, 0.15) is 22.5 Å². The van der Waals surface area contributed by atoms with E-state index in [9.17, 15) is 9.18 Å². The van der Waals surface area contributed by atoms with Gasteiger partial charge in [0.15, 0.2) is 0 Å². The molecule has 0 radical (unpaired) electrons. The minimum Gasteiger partial charge on any atom is -0.396 e. The van der Waals surface area contributed by atoms with E-state index in [2.05, 4.69) is 42.9 Å². The van der Waals surface area contributed by atoms with Crippen LogP contribution >= 0.6 is 47.4 Å². The molecule has 1 aromatic carbocycles. The van der Waals surface area contributed by atoms with Gasteiger partial charge in [-0.15, -0.1) is 24.8 Å². The van der Waals surface area contributed by atoms with E-state index in [1.807, 2.05) is 13.8 Å². The molecule has 0 saturated heterocycles. The number of aromatic nitrogens is 3. The molecule has 0 aliphatic rings. The number of halogens is 4. The zero-order valence-electron chi connectivity index (χ0n) is 15.6. The smallest absolute Gasteiger partial charge is 0.269 e. The standard InChI is InChI=1S/C18H18FIN6O.2ClH/c1-3-8-12(20)13(21)16-17(26-15(18(22)27)9(4-2)23-16)14(8)25-11-7-5-6-10(19)24-11;;/h5-7H,3-4,21H2,1-2H3,(H2,22,27)(H,24,25);2*1H. The summed E-state index contributed by atoms with van der Waals surface area (Å²) in [7, 11) is 0. The molecule has 0 bridgehead atoms. The van der Waals surface area contributed by atoms with Crippen LogP contribution < -0.4 is 16.8 Å². The lowest BCUT2D eigenvalue weighted by Gasteiger charge is -2.18. The van der Waals surface area contributed by atoms with Crippen LogP contribution in [-0.4, -0.2) is 20.9 Å². The van der Waals surface area contributed by atoms with Gasteiger partial charge in [0, 0.05) is 3.57 Å². The van der Waals surface area contributed by atoms with E-state index in [-0.39, 0.29) is 30.5 Å². The number of hydrogen-bond donors (Lipinski definition) is 3. The number of nitrogens with zero attached hydrogens (tertiary/aromatic N) is 3.